The molecule has 1 nitrogen and oxygen atoms in total. The minimum Gasteiger partial charge on any atom is -0.429 e. The lowest BCUT2D eigenvalue weighted by atomic mass is 9.79. The average Bonchev–Trinajstić information content (AvgIpc) is 2.67. The van der Waals surface area contributed by atoms with E-state index in [-0.39, 0.29) is 5.75 Å². The first-order valence-corrected chi connectivity index (χ1v) is 10.3. The third kappa shape index (κ3) is 4.89. The lowest BCUT2D eigenvalue weighted by Gasteiger charge is -2.33. The molecule has 1 fully saturated rings. The first-order chi connectivity index (χ1) is 13.4. The van der Waals surface area contributed by atoms with E-state index in [1.165, 1.54) is 12.1 Å². The molecule has 3 rings (SSSR count). The van der Waals surface area contributed by atoms with Crippen molar-refractivity contribution in [2.45, 2.75) is 64.4 Å². The molecule has 0 bridgehead atoms. The molecule has 0 N–H and O–H groups in total. The number of halogens is 3. The van der Waals surface area contributed by atoms with Gasteiger partial charge < -0.3 is 4.74 Å². The van der Waals surface area contributed by atoms with Crippen molar-refractivity contribution < 1.29 is 17.9 Å². The molecule has 2 aromatic rings. The van der Waals surface area contributed by atoms with Gasteiger partial charge >= 0.3 is 6.11 Å². The van der Waals surface area contributed by atoms with Gasteiger partial charge in [0, 0.05) is 0 Å². The Morgan fingerprint density at radius 1 is 1.11 bits per heavy atom. The van der Waals surface area contributed by atoms with E-state index in [0.29, 0.717) is 29.5 Å². The Bertz CT molecular complexity index is 807. The summed E-state index contributed by atoms with van der Waals surface area (Å²) in [6.45, 7) is 5.79. The molecule has 152 valence electrons. The number of allylic oxidation sites excluding steroid dienone is 1. The molecule has 0 unspecified atom stereocenters. The second kappa shape index (κ2) is 9.02. The van der Waals surface area contributed by atoms with Crippen LogP contribution in [-0.4, -0.2) is 6.11 Å². The van der Waals surface area contributed by atoms with E-state index in [0.717, 1.165) is 44.1 Å². The van der Waals surface area contributed by atoms with E-state index < -0.39 is 17.8 Å². The van der Waals surface area contributed by atoms with Crippen LogP contribution >= 0.6 is 0 Å². The normalized spacial score (nSPS) is 20.3. The number of hydrogen-bond acceptors (Lipinski definition) is 1. The van der Waals surface area contributed by atoms with Gasteiger partial charge in [-0.3, -0.25) is 0 Å². The average molecular weight is 390 g/mol. The van der Waals surface area contributed by atoms with Crippen LogP contribution in [0.5, 0.6) is 5.75 Å². The lowest BCUT2D eigenvalue weighted by molar-refractivity contribution is -0.224. The number of hydrogen-bond donors (Lipinski definition) is 0. The summed E-state index contributed by atoms with van der Waals surface area (Å²) in [4.78, 5) is 0. The molecular formula is C24H29F3O. The van der Waals surface area contributed by atoms with Crippen LogP contribution in [0.25, 0.3) is 10.8 Å². The highest BCUT2D eigenvalue weighted by Gasteiger charge is 2.44. The maximum Gasteiger partial charge on any atom is 0.400 e. The van der Waals surface area contributed by atoms with Crippen molar-refractivity contribution in [3.8, 4) is 5.75 Å². The molecule has 0 spiro atoms. The maximum absolute atomic E-state index is 14.7. The number of rotatable bonds is 8. The van der Waals surface area contributed by atoms with Crippen molar-refractivity contribution in [3.05, 3.63) is 54.4 Å². The van der Waals surface area contributed by atoms with Gasteiger partial charge in [0.1, 0.15) is 0 Å². The summed E-state index contributed by atoms with van der Waals surface area (Å²) < 4.78 is 48.8. The van der Waals surface area contributed by atoms with Crippen LogP contribution in [0.2, 0.25) is 0 Å². The van der Waals surface area contributed by atoms with E-state index in [1.807, 2.05) is 24.3 Å². The van der Waals surface area contributed by atoms with Gasteiger partial charge in [0.05, 0.1) is 5.92 Å². The summed E-state index contributed by atoms with van der Waals surface area (Å²) in [6, 6.07) is 8.40. The Hall–Kier alpha value is -1.97. The molecule has 0 aromatic heterocycles. The Balaban J connectivity index is 1.71. The van der Waals surface area contributed by atoms with Gasteiger partial charge in [-0.1, -0.05) is 37.6 Å². The largest absolute Gasteiger partial charge is 0.429 e. The summed E-state index contributed by atoms with van der Waals surface area (Å²) >= 11 is 0. The highest BCUT2D eigenvalue weighted by Crippen LogP contribution is 2.42. The number of alkyl halides is 2. The molecule has 2 aromatic carbocycles. The Morgan fingerprint density at radius 2 is 1.86 bits per heavy atom. The standard InChI is InChI=1S/C24H29F3O/c1-3-5-7-17-9-12-21(13-10-17)24(26,27)28-23-16-19-11-8-18(6-4-2)14-20(19)15-22(23)25/h3,8,11,14-17,21H,1,4-7,9-10,12-13H2,2H3. The van der Waals surface area contributed by atoms with Crippen LogP contribution in [0.4, 0.5) is 13.2 Å². The molecule has 0 heterocycles. The number of ether oxygens (including phenoxy) is 1. The van der Waals surface area contributed by atoms with Crippen LogP contribution in [0, 0.1) is 17.7 Å². The molecule has 4 heteroatoms. The van der Waals surface area contributed by atoms with E-state index in [4.69, 9.17) is 4.74 Å². The fraction of sp³-hybridized carbons (Fsp3) is 0.500. The summed E-state index contributed by atoms with van der Waals surface area (Å²) in [5, 5.41) is 1.42. The van der Waals surface area contributed by atoms with Crippen LogP contribution in [0.15, 0.2) is 43.0 Å². The fourth-order valence-electron chi connectivity index (χ4n) is 4.19. The highest BCUT2D eigenvalue weighted by molar-refractivity contribution is 5.84. The molecule has 1 saturated carbocycles. The van der Waals surface area contributed by atoms with E-state index in [1.54, 1.807) is 0 Å². The van der Waals surface area contributed by atoms with E-state index >= 15 is 0 Å². The van der Waals surface area contributed by atoms with E-state index in [9.17, 15) is 13.2 Å². The minimum absolute atomic E-state index is 0.366. The summed E-state index contributed by atoms with van der Waals surface area (Å²) in [5.74, 6) is -1.50. The molecule has 28 heavy (non-hydrogen) atoms. The van der Waals surface area contributed by atoms with Gasteiger partial charge in [0.15, 0.2) is 11.6 Å². The van der Waals surface area contributed by atoms with Crippen LogP contribution in [0.3, 0.4) is 0 Å². The fourth-order valence-corrected chi connectivity index (χ4v) is 4.19. The molecular weight excluding hydrogens is 361 g/mol. The van der Waals surface area contributed by atoms with Crippen molar-refractivity contribution in [1.29, 1.82) is 0 Å². The zero-order valence-electron chi connectivity index (χ0n) is 16.5. The summed E-state index contributed by atoms with van der Waals surface area (Å²) in [7, 11) is 0. The highest BCUT2D eigenvalue weighted by atomic mass is 19.3. The van der Waals surface area contributed by atoms with Gasteiger partial charge in [0.2, 0.25) is 0 Å². The molecule has 0 amide bonds. The van der Waals surface area contributed by atoms with Gasteiger partial charge in [-0.15, -0.1) is 6.58 Å². The Kier molecular flexibility index (Phi) is 6.69. The lowest BCUT2D eigenvalue weighted by Crippen LogP contribution is -2.37. The minimum atomic E-state index is -3.36. The predicted molar refractivity (Wildman–Crippen MR) is 108 cm³/mol. The second-order valence-corrected chi connectivity index (χ2v) is 7.96. The number of fused-ring (bicyclic) bond motifs is 1. The van der Waals surface area contributed by atoms with Crippen molar-refractivity contribution in [1.82, 2.24) is 0 Å². The van der Waals surface area contributed by atoms with Crippen molar-refractivity contribution in [2.75, 3.05) is 0 Å². The second-order valence-electron chi connectivity index (χ2n) is 7.96. The SMILES string of the molecule is C=CCCC1CCC(C(F)(F)Oc2cc3ccc(CCC)cc3cc2F)CC1. The first kappa shape index (κ1) is 20.8. The molecule has 0 aliphatic heterocycles. The van der Waals surface area contributed by atoms with Gasteiger partial charge in [-0.25, -0.2) is 4.39 Å². The summed E-state index contributed by atoms with van der Waals surface area (Å²) in [5.41, 5.74) is 1.11. The third-order valence-corrected chi connectivity index (χ3v) is 5.84. The van der Waals surface area contributed by atoms with Gasteiger partial charge in [-0.2, -0.15) is 8.78 Å². The van der Waals surface area contributed by atoms with Crippen LogP contribution in [0.1, 0.15) is 57.4 Å². The summed E-state index contributed by atoms with van der Waals surface area (Å²) in [6.07, 6.45) is 4.68. The first-order valence-electron chi connectivity index (χ1n) is 10.3. The maximum atomic E-state index is 14.7. The topological polar surface area (TPSA) is 9.23 Å². The number of benzene rings is 2. The molecule has 0 radical (unpaired) electrons. The Morgan fingerprint density at radius 3 is 2.54 bits per heavy atom. The number of aryl methyl sites for hydroxylation is 1. The van der Waals surface area contributed by atoms with Crippen molar-refractivity contribution in [2.24, 2.45) is 11.8 Å². The van der Waals surface area contributed by atoms with Crippen LogP contribution in [-0.2, 0) is 6.42 Å². The predicted octanol–water partition coefficient (Wildman–Crippen LogP) is 7.68. The Labute approximate surface area is 165 Å². The zero-order chi connectivity index (χ0) is 20.1. The van der Waals surface area contributed by atoms with Crippen molar-refractivity contribution >= 4 is 10.8 Å². The smallest absolute Gasteiger partial charge is 0.400 e. The van der Waals surface area contributed by atoms with Gasteiger partial charge in [0.25, 0.3) is 0 Å². The quantitative estimate of drug-likeness (QED) is 0.420. The zero-order valence-corrected chi connectivity index (χ0v) is 16.5. The van der Waals surface area contributed by atoms with E-state index in [2.05, 4.69) is 13.5 Å². The molecule has 0 atom stereocenters. The van der Waals surface area contributed by atoms with Crippen LogP contribution < -0.4 is 4.74 Å². The molecule has 1 aliphatic rings. The third-order valence-electron chi connectivity index (χ3n) is 5.84. The monoisotopic (exact) mass is 390 g/mol. The molecule has 0 saturated heterocycles. The van der Waals surface area contributed by atoms with Gasteiger partial charge in [-0.05, 0) is 79.3 Å². The molecule has 1 aliphatic carbocycles. The van der Waals surface area contributed by atoms with Crippen molar-refractivity contribution in [3.63, 3.8) is 0 Å².